The standard InChI is InChI=1S/C23H23ClFN5O5S/c24-16-3-1-2-13(19(16)25)11-27-20(32)21-29(6-9-36-21)23(34)28-17-12-30(22(26)33)18-5-4-14(10-15(17)18)35-8-7-31/h1-5,10,12,21,31H,6-9,11H2,(H2,26,33)(H,27,32)(H,28,34)/t21-/m0/s1. The SMILES string of the molecule is NC(=O)n1cc(NC(=O)N2CCS[C@H]2C(=O)NCc2cccc(Cl)c2F)c2cc(OCCO)ccc21. The minimum Gasteiger partial charge on any atom is -0.491 e. The van der Waals surface area contributed by atoms with Crippen molar-refractivity contribution >= 4 is 57.9 Å². The number of nitrogens with zero attached hydrogens (tertiary/aromatic N) is 2. The Morgan fingerprint density at radius 2 is 2.08 bits per heavy atom. The second kappa shape index (κ2) is 11.1. The summed E-state index contributed by atoms with van der Waals surface area (Å²) < 4.78 is 20.8. The molecule has 1 aliphatic heterocycles. The van der Waals surface area contributed by atoms with Crippen LogP contribution >= 0.6 is 23.4 Å². The highest BCUT2D eigenvalue weighted by Crippen LogP contribution is 2.31. The van der Waals surface area contributed by atoms with Crippen LogP contribution in [0.1, 0.15) is 5.56 Å². The molecular weight excluding hydrogens is 513 g/mol. The number of halogens is 2. The Morgan fingerprint density at radius 1 is 1.28 bits per heavy atom. The molecule has 0 bridgehead atoms. The number of amides is 4. The van der Waals surface area contributed by atoms with E-state index in [-0.39, 0.29) is 30.3 Å². The summed E-state index contributed by atoms with van der Waals surface area (Å²) in [6.45, 7) is 0.120. The molecule has 13 heteroatoms. The normalized spacial score (nSPS) is 15.2. The van der Waals surface area contributed by atoms with Crippen LogP contribution in [0, 0.1) is 5.82 Å². The summed E-state index contributed by atoms with van der Waals surface area (Å²) in [6, 6.07) is 8.05. The Labute approximate surface area is 214 Å². The minimum absolute atomic E-state index is 0.0435. The molecule has 0 radical (unpaired) electrons. The summed E-state index contributed by atoms with van der Waals surface area (Å²) >= 11 is 7.07. The number of benzene rings is 2. The number of thioether (sulfide) groups is 1. The summed E-state index contributed by atoms with van der Waals surface area (Å²) in [5.74, 6) is -0.108. The number of hydrogen-bond acceptors (Lipinski definition) is 6. The van der Waals surface area contributed by atoms with Gasteiger partial charge in [-0.2, -0.15) is 0 Å². The molecule has 1 aliphatic rings. The van der Waals surface area contributed by atoms with Gasteiger partial charge in [0.2, 0.25) is 0 Å². The third-order valence-corrected chi connectivity index (χ3v) is 6.97. The topological polar surface area (TPSA) is 139 Å². The van der Waals surface area contributed by atoms with Crippen LogP contribution < -0.4 is 21.1 Å². The van der Waals surface area contributed by atoms with Crippen LogP contribution in [0.5, 0.6) is 5.75 Å². The number of nitrogens with one attached hydrogen (secondary N) is 2. The van der Waals surface area contributed by atoms with Gasteiger partial charge in [-0.05, 0) is 24.3 Å². The van der Waals surface area contributed by atoms with Gasteiger partial charge >= 0.3 is 12.1 Å². The van der Waals surface area contributed by atoms with Crippen LogP contribution in [0.3, 0.4) is 0 Å². The molecule has 10 nitrogen and oxygen atoms in total. The molecule has 2 heterocycles. The van der Waals surface area contributed by atoms with Crippen molar-refractivity contribution in [3.63, 3.8) is 0 Å². The number of primary amides is 1. The number of fused-ring (bicyclic) bond motifs is 1. The van der Waals surface area contributed by atoms with Crippen molar-refractivity contribution in [3.8, 4) is 5.75 Å². The number of hydrogen-bond donors (Lipinski definition) is 4. The van der Waals surface area contributed by atoms with Gasteiger partial charge < -0.3 is 31.1 Å². The van der Waals surface area contributed by atoms with Crippen molar-refractivity contribution in [2.45, 2.75) is 11.9 Å². The van der Waals surface area contributed by atoms with Gasteiger partial charge in [0.1, 0.15) is 18.2 Å². The zero-order valence-electron chi connectivity index (χ0n) is 18.9. The maximum absolute atomic E-state index is 14.1. The van der Waals surface area contributed by atoms with Crippen LogP contribution in [0.15, 0.2) is 42.6 Å². The van der Waals surface area contributed by atoms with Gasteiger partial charge in [0.25, 0.3) is 5.91 Å². The molecule has 1 fully saturated rings. The summed E-state index contributed by atoms with van der Waals surface area (Å²) in [4.78, 5) is 39.2. The largest absolute Gasteiger partial charge is 0.491 e. The van der Waals surface area contributed by atoms with Gasteiger partial charge in [-0.25, -0.2) is 14.0 Å². The Morgan fingerprint density at radius 3 is 2.83 bits per heavy atom. The summed E-state index contributed by atoms with van der Waals surface area (Å²) in [5, 5.41) is 14.0. The number of carbonyl (C=O) groups is 3. The summed E-state index contributed by atoms with van der Waals surface area (Å²) in [5.41, 5.74) is 6.44. The molecule has 0 spiro atoms. The Kier molecular flexibility index (Phi) is 7.87. The molecule has 0 saturated carbocycles. The fraction of sp³-hybridized carbons (Fsp3) is 0.261. The average Bonchev–Trinajstić information content (AvgIpc) is 3.49. The number of nitrogens with two attached hydrogens (primary N) is 1. The van der Waals surface area contributed by atoms with Gasteiger partial charge in [-0.1, -0.05) is 23.7 Å². The molecule has 1 saturated heterocycles. The van der Waals surface area contributed by atoms with Gasteiger partial charge in [0.05, 0.1) is 22.8 Å². The Hall–Kier alpha value is -3.48. The number of aliphatic hydroxyl groups is 1. The molecule has 1 aromatic heterocycles. The molecule has 190 valence electrons. The predicted octanol–water partition coefficient (Wildman–Crippen LogP) is 2.95. The lowest BCUT2D eigenvalue weighted by atomic mass is 10.2. The number of aromatic nitrogens is 1. The van der Waals surface area contributed by atoms with Gasteiger partial charge in [-0.3, -0.25) is 9.36 Å². The molecule has 0 aliphatic carbocycles. The van der Waals surface area contributed by atoms with Gasteiger partial charge in [0, 0.05) is 36.0 Å². The molecule has 1 atom stereocenters. The first-order valence-corrected chi connectivity index (χ1v) is 12.3. The van der Waals surface area contributed by atoms with E-state index in [4.69, 9.17) is 27.2 Å². The number of anilines is 1. The molecule has 36 heavy (non-hydrogen) atoms. The number of aliphatic hydroxyl groups excluding tert-OH is 1. The third kappa shape index (κ3) is 5.35. The van der Waals surface area contributed by atoms with Crippen LogP contribution in [0.2, 0.25) is 5.02 Å². The number of ether oxygens (including phenoxy) is 1. The van der Waals surface area contributed by atoms with E-state index in [1.54, 1.807) is 24.3 Å². The van der Waals surface area contributed by atoms with E-state index in [0.717, 1.165) is 0 Å². The van der Waals surface area contributed by atoms with E-state index in [0.29, 0.717) is 34.6 Å². The predicted molar refractivity (Wildman–Crippen MR) is 135 cm³/mol. The monoisotopic (exact) mass is 535 g/mol. The quantitative estimate of drug-likeness (QED) is 0.367. The van der Waals surface area contributed by atoms with Crippen LogP contribution in [-0.2, 0) is 11.3 Å². The maximum atomic E-state index is 14.1. The van der Waals surface area contributed by atoms with E-state index in [9.17, 15) is 18.8 Å². The molecule has 5 N–H and O–H groups in total. The minimum atomic E-state index is -0.833. The zero-order chi connectivity index (χ0) is 25.8. The van der Waals surface area contributed by atoms with Crippen molar-refractivity contribution < 1.29 is 28.6 Å². The molecular formula is C23H23ClFN5O5S. The first kappa shape index (κ1) is 25.6. The van der Waals surface area contributed by atoms with E-state index in [1.165, 1.54) is 39.6 Å². The smallest absolute Gasteiger partial charge is 0.323 e. The Balaban J connectivity index is 1.50. The Bertz CT molecular complexity index is 1320. The van der Waals surface area contributed by atoms with Crippen molar-refractivity contribution in [2.75, 3.05) is 30.8 Å². The fourth-order valence-electron chi connectivity index (χ4n) is 3.78. The lowest BCUT2D eigenvalue weighted by Gasteiger charge is -2.23. The highest BCUT2D eigenvalue weighted by Gasteiger charge is 2.35. The first-order valence-electron chi connectivity index (χ1n) is 10.9. The van der Waals surface area contributed by atoms with Crippen LogP contribution in [0.4, 0.5) is 19.7 Å². The number of urea groups is 1. The van der Waals surface area contributed by atoms with E-state index >= 15 is 0 Å². The second-order valence-electron chi connectivity index (χ2n) is 7.78. The van der Waals surface area contributed by atoms with Crippen molar-refractivity contribution in [3.05, 3.63) is 59.0 Å². The third-order valence-electron chi connectivity index (χ3n) is 5.48. The molecule has 2 aromatic carbocycles. The fourth-order valence-corrected chi connectivity index (χ4v) is 5.12. The first-order chi connectivity index (χ1) is 17.3. The van der Waals surface area contributed by atoms with Gasteiger partial charge in [0.15, 0.2) is 5.37 Å². The van der Waals surface area contributed by atoms with Crippen LogP contribution in [0.25, 0.3) is 10.9 Å². The van der Waals surface area contributed by atoms with Gasteiger partial charge in [-0.15, -0.1) is 11.8 Å². The highest BCUT2D eigenvalue weighted by molar-refractivity contribution is 8.00. The number of carbonyl (C=O) groups excluding carboxylic acids is 3. The molecule has 0 unspecified atom stereocenters. The van der Waals surface area contributed by atoms with E-state index < -0.39 is 29.2 Å². The van der Waals surface area contributed by atoms with Crippen molar-refractivity contribution in [1.29, 1.82) is 0 Å². The van der Waals surface area contributed by atoms with E-state index in [2.05, 4.69) is 10.6 Å². The lowest BCUT2D eigenvalue weighted by Crippen LogP contribution is -2.46. The highest BCUT2D eigenvalue weighted by atomic mass is 35.5. The summed E-state index contributed by atoms with van der Waals surface area (Å²) in [7, 11) is 0. The molecule has 4 rings (SSSR count). The molecule has 3 aromatic rings. The molecule has 4 amide bonds. The van der Waals surface area contributed by atoms with E-state index in [1.807, 2.05) is 0 Å². The number of rotatable bonds is 7. The van der Waals surface area contributed by atoms with Crippen molar-refractivity contribution in [1.82, 2.24) is 14.8 Å². The average molecular weight is 536 g/mol. The summed E-state index contributed by atoms with van der Waals surface area (Å²) in [6.07, 6.45) is 1.39. The zero-order valence-corrected chi connectivity index (χ0v) is 20.4. The maximum Gasteiger partial charge on any atom is 0.323 e. The van der Waals surface area contributed by atoms with Crippen molar-refractivity contribution in [2.24, 2.45) is 5.73 Å². The van der Waals surface area contributed by atoms with Crippen LogP contribution in [-0.4, -0.2) is 63.4 Å². The second-order valence-corrected chi connectivity index (χ2v) is 9.37. The lowest BCUT2D eigenvalue weighted by molar-refractivity contribution is -0.122.